The molecule has 20 heavy (non-hydrogen) atoms. The molecule has 0 aliphatic heterocycles. The molecule has 2 N–H and O–H groups in total. The Bertz CT molecular complexity index is 721. The minimum Gasteiger partial charge on any atom is -0.435 e. The summed E-state index contributed by atoms with van der Waals surface area (Å²) in [5.74, 6) is 0. The number of nitrogens with one attached hydrogen (secondary N) is 2. The molecule has 0 aliphatic carbocycles. The van der Waals surface area contributed by atoms with E-state index in [1.807, 2.05) is 0 Å². The topological polar surface area (TPSA) is 53.9 Å². The van der Waals surface area contributed by atoms with Gasteiger partial charge in [0.1, 0.15) is 0 Å². The molecule has 0 aliphatic rings. The van der Waals surface area contributed by atoms with Crippen molar-refractivity contribution in [2.45, 2.75) is 11.3 Å². The maximum Gasteiger partial charge on any atom is 0.418 e. The summed E-state index contributed by atoms with van der Waals surface area (Å²) in [5.41, 5.74) is 0.257. The SMILES string of the molecule is FC(F)(F)c1c[nH]c2c(NSc3cnco3)cccc12. The Labute approximate surface area is 115 Å². The van der Waals surface area contributed by atoms with Crippen molar-refractivity contribution in [1.29, 1.82) is 0 Å². The molecule has 2 heterocycles. The molecule has 8 heteroatoms. The summed E-state index contributed by atoms with van der Waals surface area (Å²) in [6.45, 7) is 0. The molecule has 3 aromatic rings. The van der Waals surface area contributed by atoms with Gasteiger partial charge in [-0.1, -0.05) is 12.1 Å². The van der Waals surface area contributed by atoms with Crippen molar-refractivity contribution < 1.29 is 17.6 Å². The fourth-order valence-electron chi connectivity index (χ4n) is 1.83. The summed E-state index contributed by atoms with van der Waals surface area (Å²) in [6, 6.07) is 4.68. The third-order valence-corrected chi connectivity index (χ3v) is 3.42. The summed E-state index contributed by atoms with van der Waals surface area (Å²) in [6.07, 6.45) is -0.626. The summed E-state index contributed by atoms with van der Waals surface area (Å²) in [5, 5.41) is 0.644. The van der Waals surface area contributed by atoms with E-state index in [0.717, 1.165) is 18.1 Å². The summed E-state index contributed by atoms with van der Waals surface area (Å²) < 4.78 is 46.4. The van der Waals surface area contributed by atoms with Crippen molar-refractivity contribution in [3.8, 4) is 0 Å². The molecule has 0 bridgehead atoms. The van der Waals surface area contributed by atoms with Crippen LogP contribution in [0.1, 0.15) is 5.56 Å². The number of oxazole rings is 1. The number of aromatic nitrogens is 2. The van der Waals surface area contributed by atoms with E-state index < -0.39 is 11.7 Å². The van der Waals surface area contributed by atoms with Crippen molar-refractivity contribution in [3.05, 3.63) is 42.5 Å². The maximum absolute atomic E-state index is 12.8. The van der Waals surface area contributed by atoms with Crippen LogP contribution in [0, 0.1) is 0 Å². The van der Waals surface area contributed by atoms with Crippen molar-refractivity contribution >= 4 is 28.5 Å². The molecule has 0 fully saturated rings. The highest BCUT2D eigenvalue weighted by molar-refractivity contribution is 8.00. The number of benzene rings is 1. The highest BCUT2D eigenvalue weighted by atomic mass is 32.2. The lowest BCUT2D eigenvalue weighted by Gasteiger charge is -2.06. The third kappa shape index (κ3) is 2.34. The largest absolute Gasteiger partial charge is 0.435 e. The van der Waals surface area contributed by atoms with Crippen LogP contribution < -0.4 is 4.72 Å². The number of nitrogens with zero attached hydrogens (tertiary/aromatic N) is 1. The van der Waals surface area contributed by atoms with Gasteiger partial charge in [0, 0.05) is 23.5 Å². The number of para-hydroxylation sites is 1. The first kappa shape index (κ1) is 12.9. The van der Waals surface area contributed by atoms with Gasteiger partial charge in [-0.15, -0.1) is 0 Å². The Morgan fingerprint density at radius 1 is 1.30 bits per heavy atom. The van der Waals surface area contributed by atoms with Gasteiger partial charge in [0.2, 0.25) is 5.09 Å². The number of hydrogen-bond acceptors (Lipinski definition) is 4. The van der Waals surface area contributed by atoms with Crippen LogP contribution in [-0.4, -0.2) is 9.97 Å². The minimum atomic E-state index is -4.38. The number of aromatic amines is 1. The molecule has 0 saturated carbocycles. The zero-order valence-corrected chi connectivity index (χ0v) is 10.7. The van der Waals surface area contributed by atoms with Gasteiger partial charge in [0.15, 0.2) is 6.39 Å². The van der Waals surface area contributed by atoms with Gasteiger partial charge in [-0.25, -0.2) is 4.98 Å². The van der Waals surface area contributed by atoms with Gasteiger partial charge in [0.25, 0.3) is 0 Å². The number of anilines is 1. The molecule has 2 aromatic heterocycles. The first-order chi connectivity index (χ1) is 9.55. The molecule has 104 valence electrons. The molecule has 0 amide bonds. The van der Waals surface area contributed by atoms with Crippen LogP contribution in [0.5, 0.6) is 0 Å². The number of alkyl halides is 3. The first-order valence-electron chi connectivity index (χ1n) is 5.54. The van der Waals surface area contributed by atoms with Gasteiger partial charge in [-0.05, 0) is 6.07 Å². The van der Waals surface area contributed by atoms with E-state index in [2.05, 4.69) is 14.7 Å². The molecule has 0 unspecified atom stereocenters. The summed E-state index contributed by atoms with van der Waals surface area (Å²) in [7, 11) is 0. The second-order valence-corrected chi connectivity index (χ2v) is 4.76. The highest BCUT2D eigenvalue weighted by Crippen LogP contribution is 2.37. The third-order valence-electron chi connectivity index (χ3n) is 2.69. The zero-order chi connectivity index (χ0) is 14.2. The first-order valence-corrected chi connectivity index (χ1v) is 6.36. The van der Waals surface area contributed by atoms with Gasteiger partial charge in [0.05, 0.1) is 23.0 Å². The van der Waals surface area contributed by atoms with Crippen LogP contribution in [0.3, 0.4) is 0 Å². The number of halogens is 3. The zero-order valence-electron chi connectivity index (χ0n) is 9.86. The molecular formula is C12H8F3N3OS. The lowest BCUT2D eigenvalue weighted by Crippen LogP contribution is -2.03. The van der Waals surface area contributed by atoms with E-state index in [4.69, 9.17) is 4.42 Å². The fraction of sp³-hybridized carbons (Fsp3) is 0.0833. The molecule has 3 rings (SSSR count). The number of H-pyrrole nitrogens is 1. The summed E-state index contributed by atoms with van der Waals surface area (Å²) in [4.78, 5) is 6.40. The van der Waals surface area contributed by atoms with Crippen LogP contribution >= 0.6 is 11.9 Å². The average Bonchev–Trinajstić information content (AvgIpc) is 3.04. The second kappa shape index (κ2) is 4.78. The predicted octanol–water partition coefficient (Wildman–Crippen LogP) is 4.29. The molecule has 0 spiro atoms. The van der Waals surface area contributed by atoms with E-state index in [1.165, 1.54) is 18.7 Å². The molecule has 4 nitrogen and oxygen atoms in total. The Morgan fingerprint density at radius 2 is 2.15 bits per heavy atom. The highest BCUT2D eigenvalue weighted by Gasteiger charge is 2.33. The lowest BCUT2D eigenvalue weighted by atomic mass is 10.1. The monoisotopic (exact) mass is 299 g/mol. The Morgan fingerprint density at radius 3 is 2.85 bits per heavy atom. The molecule has 0 saturated heterocycles. The van der Waals surface area contributed by atoms with Crippen molar-refractivity contribution in [2.24, 2.45) is 0 Å². The van der Waals surface area contributed by atoms with E-state index in [-0.39, 0.29) is 5.39 Å². The summed E-state index contributed by atoms with van der Waals surface area (Å²) >= 11 is 1.13. The predicted molar refractivity (Wildman–Crippen MR) is 69.3 cm³/mol. The average molecular weight is 299 g/mol. The Balaban J connectivity index is 1.94. The Kier molecular flexibility index (Phi) is 3.09. The number of rotatable bonds is 3. The molecule has 0 radical (unpaired) electrons. The standard InChI is InChI=1S/C12H8F3N3OS/c13-12(14,15)8-4-17-11-7(8)2-1-3-9(11)18-20-10-5-16-6-19-10/h1-6,17-18H. The van der Waals surface area contributed by atoms with Crippen LogP contribution in [0.4, 0.5) is 18.9 Å². The van der Waals surface area contributed by atoms with Crippen molar-refractivity contribution in [3.63, 3.8) is 0 Å². The van der Waals surface area contributed by atoms with E-state index in [9.17, 15) is 13.2 Å². The number of fused-ring (bicyclic) bond motifs is 1. The Hall–Kier alpha value is -2.09. The van der Waals surface area contributed by atoms with Crippen LogP contribution in [0.2, 0.25) is 0 Å². The molecular weight excluding hydrogens is 291 g/mol. The van der Waals surface area contributed by atoms with Gasteiger partial charge in [-0.2, -0.15) is 13.2 Å². The van der Waals surface area contributed by atoms with E-state index in [0.29, 0.717) is 16.3 Å². The van der Waals surface area contributed by atoms with Crippen LogP contribution in [-0.2, 0) is 6.18 Å². The maximum atomic E-state index is 12.8. The second-order valence-electron chi connectivity index (χ2n) is 3.95. The lowest BCUT2D eigenvalue weighted by molar-refractivity contribution is -0.136. The van der Waals surface area contributed by atoms with Gasteiger partial charge < -0.3 is 14.1 Å². The quantitative estimate of drug-likeness (QED) is 0.708. The van der Waals surface area contributed by atoms with Crippen LogP contribution in [0.15, 0.2) is 46.5 Å². The minimum absolute atomic E-state index is 0.126. The van der Waals surface area contributed by atoms with E-state index >= 15 is 0 Å². The molecule has 0 atom stereocenters. The van der Waals surface area contributed by atoms with Gasteiger partial charge in [-0.3, -0.25) is 0 Å². The number of hydrogen-bond donors (Lipinski definition) is 2. The van der Waals surface area contributed by atoms with Crippen molar-refractivity contribution in [2.75, 3.05) is 4.72 Å². The normalized spacial score (nSPS) is 11.9. The fourth-order valence-corrected chi connectivity index (χ4v) is 2.42. The smallest absolute Gasteiger partial charge is 0.418 e. The van der Waals surface area contributed by atoms with Crippen molar-refractivity contribution in [1.82, 2.24) is 9.97 Å². The van der Waals surface area contributed by atoms with E-state index in [1.54, 1.807) is 12.1 Å². The molecule has 1 aromatic carbocycles. The van der Waals surface area contributed by atoms with Crippen LogP contribution in [0.25, 0.3) is 10.9 Å². The van der Waals surface area contributed by atoms with Gasteiger partial charge >= 0.3 is 6.18 Å².